The van der Waals surface area contributed by atoms with Crippen molar-refractivity contribution >= 4 is 34.9 Å². The Morgan fingerprint density at radius 1 is 1.29 bits per heavy atom. The van der Waals surface area contributed by atoms with Crippen LogP contribution in [0.1, 0.15) is 18.0 Å². The molecule has 1 aliphatic heterocycles. The van der Waals surface area contributed by atoms with Crippen LogP contribution in [0.4, 0.5) is 15.9 Å². The van der Waals surface area contributed by atoms with E-state index in [2.05, 4.69) is 15.7 Å². The van der Waals surface area contributed by atoms with E-state index < -0.39 is 6.04 Å². The second-order valence-corrected chi connectivity index (χ2v) is 6.98. The molecule has 6 nitrogen and oxygen atoms in total. The number of carbonyl (C=O) groups is 2. The van der Waals surface area contributed by atoms with E-state index in [1.165, 1.54) is 16.8 Å². The maximum Gasteiger partial charge on any atom is 0.249 e. The number of hydrogen-bond acceptors (Lipinski definition) is 3. The van der Waals surface area contributed by atoms with E-state index in [1.807, 2.05) is 0 Å². The molecule has 1 aliphatic rings. The standard InChI is InChI=1S/C20H16ClFN4O2/c1-11-18(12-5-7-14(22)8-6-12)25-26-16(10-17(27)24-19(11)26)20(28)23-15-4-2-3-13(21)9-15/h2-9,16H,10H2,1H3,(H,23,28)(H,24,27)/t16-/m0/s1. The summed E-state index contributed by atoms with van der Waals surface area (Å²) in [4.78, 5) is 25.0. The number of fused-ring (bicyclic) bond motifs is 1. The Morgan fingerprint density at radius 2 is 2.04 bits per heavy atom. The van der Waals surface area contributed by atoms with Gasteiger partial charge in [-0.2, -0.15) is 5.10 Å². The van der Waals surface area contributed by atoms with Crippen molar-refractivity contribution in [2.45, 2.75) is 19.4 Å². The van der Waals surface area contributed by atoms with E-state index in [4.69, 9.17) is 11.6 Å². The number of benzene rings is 2. The van der Waals surface area contributed by atoms with E-state index in [0.717, 1.165) is 0 Å². The number of nitrogens with one attached hydrogen (secondary N) is 2. The van der Waals surface area contributed by atoms with E-state index >= 15 is 0 Å². The minimum atomic E-state index is -0.810. The van der Waals surface area contributed by atoms with Gasteiger partial charge in [0.1, 0.15) is 17.7 Å². The van der Waals surface area contributed by atoms with Crippen LogP contribution in [-0.4, -0.2) is 21.6 Å². The Labute approximate surface area is 165 Å². The lowest BCUT2D eigenvalue weighted by Crippen LogP contribution is -2.35. The molecule has 0 aliphatic carbocycles. The number of amides is 2. The summed E-state index contributed by atoms with van der Waals surface area (Å²) >= 11 is 5.96. The second kappa shape index (κ2) is 7.09. The van der Waals surface area contributed by atoms with Gasteiger partial charge in [0.05, 0.1) is 12.1 Å². The molecule has 4 rings (SSSR count). The molecule has 2 amide bonds. The highest BCUT2D eigenvalue weighted by Gasteiger charge is 2.34. The van der Waals surface area contributed by atoms with Crippen molar-refractivity contribution in [3.63, 3.8) is 0 Å². The molecule has 0 fully saturated rings. The average molecular weight is 399 g/mol. The molecule has 0 radical (unpaired) electrons. The fourth-order valence-electron chi connectivity index (χ4n) is 3.22. The molecule has 28 heavy (non-hydrogen) atoms. The summed E-state index contributed by atoms with van der Waals surface area (Å²) in [5, 5.41) is 10.6. The molecule has 1 aromatic heterocycles. The summed E-state index contributed by atoms with van der Waals surface area (Å²) in [6.07, 6.45) is -0.0383. The Morgan fingerprint density at radius 3 is 2.75 bits per heavy atom. The number of hydrogen-bond donors (Lipinski definition) is 2. The summed E-state index contributed by atoms with van der Waals surface area (Å²) in [5.41, 5.74) is 2.52. The zero-order chi connectivity index (χ0) is 19.8. The first kappa shape index (κ1) is 18.2. The molecule has 142 valence electrons. The average Bonchev–Trinajstić information content (AvgIpc) is 2.98. The molecule has 8 heteroatoms. The molecule has 2 heterocycles. The van der Waals surface area contributed by atoms with Crippen LogP contribution in [0.2, 0.25) is 5.02 Å². The number of nitrogens with zero attached hydrogens (tertiary/aromatic N) is 2. The lowest BCUT2D eigenvalue weighted by molar-refractivity contribution is -0.125. The first-order valence-corrected chi connectivity index (χ1v) is 9.01. The molecule has 0 saturated carbocycles. The molecule has 3 aromatic rings. The number of aromatic nitrogens is 2. The van der Waals surface area contributed by atoms with Crippen molar-refractivity contribution in [1.29, 1.82) is 0 Å². The van der Waals surface area contributed by atoms with E-state index in [9.17, 15) is 14.0 Å². The maximum absolute atomic E-state index is 13.2. The van der Waals surface area contributed by atoms with Crippen molar-refractivity contribution in [3.05, 3.63) is 64.9 Å². The smallest absolute Gasteiger partial charge is 0.249 e. The highest BCUT2D eigenvalue weighted by atomic mass is 35.5. The third kappa shape index (κ3) is 3.36. The molecular formula is C20H16ClFN4O2. The monoisotopic (exact) mass is 398 g/mol. The van der Waals surface area contributed by atoms with Gasteiger partial charge in [0.25, 0.3) is 0 Å². The van der Waals surface area contributed by atoms with E-state index in [1.54, 1.807) is 43.3 Å². The molecule has 0 bridgehead atoms. The summed E-state index contributed by atoms with van der Waals surface area (Å²) in [6.45, 7) is 1.80. The van der Waals surface area contributed by atoms with Crippen LogP contribution in [0.25, 0.3) is 11.3 Å². The lowest BCUT2D eigenvalue weighted by Gasteiger charge is -2.24. The number of carbonyl (C=O) groups excluding carboxylic acids is 2. The molecule has 0 spiro atoms. The normalized spacial score (nSPS) is 15.7. The van der Waals surface area contributed by atoms with Crippen LogP contribution in [0.15, 0.2) is 48.5 Å². The molecule has 2 aromatic carbocycles. The van der Waals surface area contributed by atoms with Gasteiger partial charge < -0.3 is 10.6 Å². The highest BCUT2D eigenvalue weighted by Crippen LogP contribution is 2.34. The Hall–Kier alpha value is -3.19. The first-order valence-electron chi connectivity index (χ1n) is 8.63. The number of rotatable bonds is 3. The molecular weight excluding hydrogens is 383 g/mol. The summed E-state index contributed by atoms with van der Waals surface area (Å²) in [5.74, 6) is -0.529. The largest absolute Gasteiger partial charge is 0.324 e. The molecule has 0 unspecified atom stereocenters. The van der Waals surface area contributed by atoms with Gasteiger partial charge in [-0.25, -0.2) is 9.07 Å². The summed E-state index contributed by atoms with van der Waals surface area (Å²) in [6, 6.07) is 11.9. The Bertz CT molecular complexity index is 1080. The van der Waals surface area contributed by atoms with Crippen molar-refractivity contribution in [1.82, 2.24) is 9.78 Å². The van der Waals surface area contributed by atoms with Crippen LogP contribution in [-0.2, 0) is 9.59 Å². The van der Waals surface area contributed by atoms with Crippen LogP contribution < -0.4 is 10.6 Å². The van der Waals surface area contributed by atoms with Gasteiger partial charge in [-0.05, 0) is 49.4 Å². The Balaban J connectivity index is 1.70. The quantitative estimate of drug-likeness (QED) is 0.695. The van der Waals surface area contributed by atoms with Crippen molar-refractivity contribution in [3.8, 4) is 11.3 Å². The lowest BCUT2D eigenvalue weighted by atomic mass is 10.1. The van der Waals surface area contributed by atoms with Gasteiger partial charge in [-0.15, -0.1) is 0 Å². The minimum Gasteiger partial charge on any atom is -0.324 e. The van der Waals surface area contributed by atoms with Gasteiger partial charge in [0.15, 0.2) is 0 Å². The SMILES string of the molecule is Cc1c(-c2ccc(F)cc2)nn2c1NC(=O)C[C@H]2C(=O)Nc1cccc(Cl)c1. The third-order valence-corrected chi connectivity index (χ3v) is 4.83. The first-order chi connectivity index (χ1) is 13.4. The summed E-state index contributed by atoms with van der Waals surface area (Å²) in [7, 11) is 0. The number of halogens is 2. The number of anilines is 2. The van der Waals surface area contributed by atoms with E-state index in [-0.39, 0.29) is 24.1 Å². The minimum absolute atomic E-state index is 0.0383. The fraction of sp³-hybridized carbons (Fsp3) is 0.150. The van der Waals surface area contributed by atoms with Crippen LogP contribution >= 0.6 is 11.6 Å². The van der Waals surface area contributed by atoms with Crippen molar-refractivity contribution < 1.29 is 14.0 Å². The molecule has 1 atom stereocenters. The second-order valence-electron chi connectivity index (χ2n) is 6.54. The van der Waals surface area contributed by atoms with Crippen LogP contribution in [0, 0.1) is 12.7 Å². The van der Waals surface area contributed by atoms with Gasteiger partial charge in [-0.3, -0.25) is 9.59 Å². The van der Waals surface area contributed by atoms with Gasteiger partial charge in [0, 0.05) is 21.8 Å². The van der Waals surface area contributed by atoms with Crippen LogP contribution in [0.5, 0.6) is 0 Å². The zero-order valence-corrected chi connectivity index (χ0v) is 15.6. The highest BCUT2D eigenvalue weighted by molar-refractivity contribution is 6.30. The summed E-state index contributed by atoms with van der Waals surface area (Å²) < 4.78 is 14.7. The predicted molar refractivity (Wildman–Crippen MR) is 105 cm³/mol. The predicted octanol–water partition coefficient (Wildman–Crippen LogP) is 4.17. The topological polar surface area (TPSA) is 76.0 Å². The van der Waals surface area contributed by atoms with Gasteiger partial charge in [0.2, 0.25) is 11.8 Å². The molecule has 0 saturated heterocycles. The van der Waals surface area contributed by atoms with E-state index in [0.29, 0.717) is 33.3 Å². The fourth-order valence-corrected chi connectivity index (χ4v) is 3.41. The Kier molecular flexibility index (Phi) is 4.60. The van der Waals surface area contributed by atoms with Crippen molar-refractivity contribution in [2.75, 3.05) is 10.6 Å². The zero-order valence-electron chi connectivity index (χ0n) is 14.9. The van der Waals surface area contributed by atoms with Crippen LogP contribution in [0.3, 0.4) is 0 Å². The van der Waals surface area contributed by atoms with Gasteiger partial charge in [-0.1, -0.05) is 17.7 Å². The van der Waals surface area contributed by atoms with Crippen molar-refractivity contribution in [2.24, 2.45) is 0 Å². The molecule has 2 N–H and O–H groups in total. The third-order valence-electron chi connectivity index (χ3n) is 4.59. The maximum atomic E-state index is 13.2. The van der Waals surface area contributed by atoms with Gasteiger partial charge >= 0.3 is 0 Å².